The van der Waals surface area contributed by atoms with Crippen molar-refractivity contribution < 1.29 is 4.74 Å². The Morgan fingerprint density at radius 2 is 2.11 bits per heavy atom. The molecule has 2 nitrogen and oxygen atoms in total. The Balaban J connectivity index is 1.85. The molecule has 0 amide bonds. The van der Waals surface area contributed by atoms with Gasteiger partial charge in [-0.3, -0.25) is 0 Å². The van der Waals surface area contributed by atoms with E-state index in [1.165, 1.54) is 36.8 Å². The molecule has 2 N–H and O–H groups in total. The molecule has 0 radical (unpaired) electrons. The highest BCUT2D eigenvalue weighted by molar-refractivity contribution is 5.36. The lowest BCUT2D eigenvalue weighted by molar-refractivity contribution is 0.0178. The van der Waals surface area contributed by atoms with Crippen LogP contribution in [0.5, 0.6) is 0 Å². The van der Waals surface area contributed by atoms with E-state index in [1.807, 2.05) is 0 Å². The minimum atomic E-state index is 0.0554. The number of hydrogen-bond donors (Lipinski definition) is 1. The minimum Gasteiger partial charge on any atom is -0.376 e. The molecule has 0 heterocycles. The second kappa shape index (κ2) is 7.06. The van der Waals surface area contributed by atoms with E-state index in [4.69, 9.17) is 10.5 Å². The maximum absolute atomic E-state index is 6.29. The van der Waals surface area contributed by atoms with Gasteiger partial charge >= 0.3 is 0 Å². The summed E-state index contributed by atoms with van der Waals surface area (Å²) in [6.07, 6.45) is 6.20. The van der Waals surface area contributed by atoms with Gasteiger partial charge in [-0.15, -0.1) is 0 Å². The van der Waals surface area contributed by atoms with Crippen molar-refractivity contribution >= 4 is 0 Å². The van der Waals surface area contributed by atoms with Gasteiger partial charge in [0.2, 0.25) is 0 Å². The Bertz CT molecular complexity index is 391. The van der Waals surface area contributed by atoms with Gasteiger partial charge < -0.3 is 10.5 Å². The van der Waals surface area contributed by atoms with E-state index in [2.05, 4.69) is 38.1 Å². The molecule has 106 valence electrons. The zero-order valence-electron chi connectivity index (χ0n) is 12.3. The molecule has 0 fully saturated rings. The van der Waals surface area contributed by atoms with Crippen LogP contribution >= 0.6 is 0 Å². The first-order chi connectivity index (χ1) is 9.26. The smallest absolute Gasteiger partial charge is 0.0808 e. The lowest BCUT2D eigenvalue weighted by Crippen LogP contribution is -2.27. The maximum atomic E-state index is 6.29. The monoisotopic (exact) mass is 261 g/mol. The Labute approximate surface area is 117 Å². The first kappa shape index (κ1) is 14.5. The van der Waals surface area contributed by atoms with Crippen molar-refractivity contribution in [3.05, 3.63) is 35.4 Å². The number of fused-ring (bicyclic) bond motifs is 1. The van der Waals surface area contributed by atoms with Gasteiger partial charge in [0.15, 0.2) is 0 Å². The van der Waals surface area contributed by atoms with Crippen molar-refractivity contribution in [2.45, 2.75) is 58.1 Å². The molecule has 1 aliphatic rings. The molecule has 3 atom stereocenters. The van der Waals surface area contributed by atoms with Gasteiger partial charge in [-0.2, -0.15) is 0 Å². The third-order valence-electron chi connectivity index (χ3n) is 4.33. The van der Waals surface area contributed by atoms with E-state index in [1.54, 1.807) is 0 Å². The summed E-state index contributed by atoms with van der Waals surface area (Å²) in [7, 11) is 0. The summed E-state index contributed by atoms with van der Waals surface area (Å²) in [6.45, 7) is 5.37. The van der Waals surface area contributed by atoms with Crippen LogP contribution in [0.3, 0.4) is 0 Å². The SMILES string of the molecule is CCCCC(CC)COC1Cc2ccccc2C1N. The molecule has 3 unspecified atom stereocenters. The van der Waals surface area contributed by atoms with Crippen LogP contribution in [0.15, 0.2) is 24.3 Å². The molecule has 0 saturated heterocycles. The predicted octanol–water partition coefficient (Wildman–Crippen LogP) is 3.84. The van der Waals surface area contributed by atoms with Crippen LogP contribution in [-0.2, 0) is 11.2 Å². The summed E-state index contributed by atoms with van der Waals surface area (Å²) < 4.78 is 6.12. The van der Waals surface area contributed by atoms with Crippen LogP contribution in [0.4, 0.5) is 0 Å². The van der Waals surface area contributed by atoms with Crippen molar-refractivity contribution in [1.82, 2.24) is 0 Å². The highest BCUT2D eigenvalue weighted by Gasteiger charge is 2.30. The van der Waals surface area contributed by atoms with Crippen LogP contribution in [-0.4, -0.2) is 12.7 Å². The van der Waals surface area contributed by atoms with Gasteiger partial charge in [0.1, 0.15) is 0 Å². The Morgan fingerprint density at radius 3 is 2.79 bits per heavy atom. The van der Waals surface area contributed by atoms with E-state index >= 15 is 0 Å². The molecule has 1 aromatic carbocycles. The van der Waals surface area contributed by atoms with Crippen molar-refractivity contribution in [1.29, 1.82) is 0 Å². The summed E-state index contributed by atoms with van der Waals surface area (Å²) >= 11 is 0. The van der Waals surface area contributed by atoms with Crippen LogP contribution in [0, 0.1) is 5.92 Å². The number of ether oxygens (including phenoxy) is 1. The molecule has 2 rings (SSSR count). The molecule has 1 aromatic rings. The topological polar surface area (TPSA) is 35.2 Å². The fraction of sp³-hybridized carbons (Fsp3) is 0.647. The number of rotatable bonds is 7. The van der Waals surface area contributed by atoms with Crippen LogP contribution in [0.25, 0.3) is 0 Å². The summed E-state index contributed by atoms with van der Waals surface area (Å²) in [5.74, 6) is 0.691. The lowest BCUT2D eigenvalue weighted by Gasteiger charge is -2.21. The molecular weight excluding hydrogens is 234 g/mol. The third kappa shape index (κ3) is 3.58. The molecule has 0 spiro atoms. The summed E-state index contributed by atoms with van der Waals surface area (Å²) in [5.41, 5.74) is 8.93. The summed E-state index contributed by atoms with van der Waals surface area (Å²) in [5, 5.41) is 0. The summed E-state index contributed by atoms with van der Waals surface area (Å²) in [6, 6.07) is 8.52. The Hall–Kier alpha value is -0.860. The number of hydrogen-bond acceptors (Lipinski definition) is 2. The number of nitrogens with two attached hydrogens (primary N) is 1. The normalized spacial score (nSPS) is 23.3. The average molecular weight is 261 g/mol. The Kier molecular flexibility index (Phi) is 5.41. The van der Waals surface area contributed by atoms with Crippen molar-refractivity contribution in [3.8, 4) is 0 Å². The molecule has 1 aliphatic carbocycles. The molecule has 19 heavy (non-hydrogen) atoms. The zero-order valence-corrected chi connectivity index (χ0v) is 12.3. The van der Waals surface area contributed by atoms with Gasteiger partial charge in [0.25, 0.3) is 0 Å². The van der Waals surface area contributed by atoms with Crippen molar-refractivity contribution in [3.63, 3.8) is 0 Å². The highest BCUT2D eigenvalue weighted by Crippen LogP contribution is 2.31. The molecule has 0 saturated carbocycles. The van der Waals surface area contributed by atoms with E-state index in [9.17, 15) is 0 Å². The molecule has 2 heteroatoms. The molecular formula is C17H27NO. The van der Waals surface area contributed by atoms with Gasteiger partial charge in [0.05, 0.1) is 12.1 Å². The fourth-order valence-corrected chi connectivity index (χ4v) is 2.91. The Morgan fingerprint density at radius 1 is 1.32 bits per heavy atom. The number of benzene rings is 1. The first-order valence-corrected chi connectivity index (χ1v) is 7.71. The summed E-state index contributed by atoms with van der Waals surface area (Å²) in [4.78, 5) is 0. The van der Waals surface area contributed by atoms with E-state index in [-0.39, 0.29) is 12.1 Å². The van der Waals surface area contributed by atoms with E-state index < -0.39 is 0 Å². The molecule has 0 aromatic heterocycles. The molecule has 0 bridgehead atoms. The van der Waals surface area contributed by atoms with E-state index in [0.717, 1.165) is 13.0 Å². The van der Waals surface area contributed by atoms with E-state index in [0.29, 0.717) is 5.92 Å². The van der Waals surface area contributed by atoms with Gasteiger partial charge in [-0.25, -0.2) is 0 Å². The first-order valence-electron chi connectivity index (χ1n) is 7.71. The van der Waals surface area contributed by atoms with Crippen molar-refractivity contribution in [2.24, 2.45) is 11.7 Å². The fourth-order valence-electron chi connectivity index (χ4n) is 2.91. The highest BCUT2D eigenvalue weighted by atomic mass is 16.5. The molecule has 0 aliphatic heterocycles. The second-order valence-electron chi connectivity index (χ2n) is 5.72. The largest absolute Gasteiger partial charge is 0.376 e. The minimum absolute atomic E-state index is 0.0554. The quantitative estimate of drug-likeness (QED) is 0.809. The number of unbranched alkanes of at least 4 members (excludes halogenated alkanes) is 1. The lowest BCUT2D eigenvalue weighted by atomic mass is 10.0. The van der Waals surface area contributed by atoms with Gasteiger partial charge in [-0.05, 0) is 23.5 Å². The maximum Gasteiger partial charge on any atom is 0.0808 e. The zero-order chi connectivity index (χ0) is 13.7. The third-order valence-corrected chi connectivity index (χ3v) is 4.33. The van der Waals surface area contributed by atoms with Gasteiger partial charge in [0, 0.05) is 13.0 Å². The average Bonchev–Trinajstić information content (AvgIpc) is 2.76. The van der Waals surface area contributed by atoms with Crippen LogP contribution in [0.2, 0.25) is 0 Å². The van der Waals surface area contributed by atoms with Gasteiger partial charge in [-0.1, -0.05) is 57.4 Å². The van der Waals surface area contributed by atoms with Crippen LogP contribution in [0.1, 0.15) is 56.7 Å². The standard InChI is InChI=1S/C17H27NO/c1-3-5-8-13(4-2)12-19-16-11-14-9-6-7-10-15(14)17(16)18/h6-7,9-10,13,16-17H,3-5,8,11-12,18H2,1-2H3. The second-order valence-corrected chi connectivity index (χ2v) is 5.72. The van der Waals surface area contributed by atoms with Crippen LogP contribution < -0.4 is 5.73 Å². The van der Waals surface area contributed by atoms with Crippen molar-refractivity contribution in [2.75, 3.05) is 6.61 Å². The predicted molar refractivity (Wildman–Crippen MR) is 80.1 cm³/mol.